The SMILES string of the molecule is CCNC(=O)c1nnc(-c2cc(C(C)C)c(O)cc2O)n1-c1ccc(C(=O)N(C)CC[C@]23OB([C@H](CC(C)C)NC(=O)[C@@H](Cc4ccccc4)c4nccnc4C(N)=O)O[C@H]2C[C@H]2C[C@@H]3C2(C)C)cc1. The molecule has 0 radical (unpaired) electrons. The van der Waals surface area contributed by atoms with Crippen molar-refractivity contribution in [1.29, 1.82) is 0 Å². The average molecular weight is 954 g/mol. The number of nitrogens with two attached hydrogens (primary N) is 1. The molecule has 368 valence electrons. The van der Waals surface area contributed by atoms with Crippen LogP contribution in [-0.2, 0) is 20.5 Å². The summed E-state index contributed by atoms with van der Waals surface area (Å²) >= 11 is 0. The number of nitrogens with one attached hydrogen (secondary N) is 2. The highest BCUT2D eigenvalue weighted by molar-refractivity contribution is 6.48. The van der Waals surface area contributed by atoms with Crippen molar-refractivity contribution in [2.24, 2.45) is 28.9 Å². The predicted octanol–water partition coefficient (Wildman–Crippen LogP) is 6.37. The van der Waals surface area contributed by atoms with E-state index >= 15 is 0 Å². The fourth-order valence-corrected chi connectivity index (χ4v) is 11.0. The maximum atomic E-state index is 14.6. The summed E-state index contributed by atoms with van der Waals surface area (Å²) in [5.74, 6) is -2.77. The van der Waals surface area contributed by atoms with Gasteiger partial charge in [-0.3, -0.25) is 28.7 Å². The van der Waals surface area contributed by atoms with Gasteiger partial charge < -0.3 is 40.8 Å². The number of phenols is 2. The zero-order valence-electron chi connectivity index (χ0n) is 41.2. The molecule has 1 aliphatic heterocycles. The molecule has 4 amide bonds. The summed E-state index contributed by atoms with van der Waals surface area (Å²) in [4.78, 5) is 65.1. The zero-order valence-corrected chi connectivity index (χ0v) is 41.2. The molecule has 3 aromatic carbocycles. The first-order valence-electron chi connectivity index (χ1n) is 24.3. The summed E-state index contributed by atoms with van der Waals surface area (Å²) in [7, 11) is 0.973. The van der Waals surface area contributed by atoms with E-state index in [1.165, 1.54) is 23.0 Å². The molecule has 9 rings (SSSR count). The van der Waals surface area contributed by atoms with E-state index in [2.05, 4.69) is 58.5 Å². The maximum absolute atomic E-state index is 14.6. The second-order valence-corrected chi connectivity index (χ2v) is 20.4. The van der Waals surface area contributed by atoms with Gasteiger partial charge in [-0.05, 0) is 110 Å². The number of aromatic nitrogens is 5. The third kappa shape index (κ3) is 9.50. The predicted molar refractivity (Wildman–Crippen MR) is 263 cm³/mol. The standard InChI is InChI=1S/C52H64BN9O8/c1-9-55-49(67)47-60-59-46(36-27-35(30(4)5)38(63)28-39(36)64)62(47)34-17-15-32(16-18-34)50(68)61(8)22-19-52-40-25-33(51(40,6)7)26-41(52)69-53(70-52)42(23-29(2)3)58-48(66)37(24-31-13-11-10-12-14-31)43-44(45(54)65)57-21-20-56-43/h10-18,20-21,27-30,33,37,40-42,63-64H,9,19,22-26H2,1-8H3,(H2,54,65)(H,55,67)(H,58,66)/t33-,37+,40-,41+,42+,52-/m1/s1. The quantitative estimate of drug-likeness (QED) is 0.0603. The Bertz CT molecular complexity index is 2750. The van der Waals surface area contributed by atoms with Gasteiger partial charge in [0.15, 0.2) is 5.82 Å². The molecule has 2 aromatic heterocycles. The van der Waals surface area contributed by atoms with E-state index in [4.69, 9.17) is 15.0 Å². The van der Waals surface area contributed by atoms with Crippen molar-refractivity contribution in [2.75, 3.05) is 20.1 Å². The first kappa shape index (κ1) is 49.8. The van der Waals surface area contributed by atoms with E-state index in [-0.39, 0.29) is 87.6 Å². The number of hydrogen-bond donors (Lipinski definition) is 5. The first-order valence-corrected chi connectivity index (χ1v) is 24.3. The van der Waals surface area contributed by atoms with Gasteiger partial charge in [-0.25, -0.2) is 4.98 Å². The van der Waals surface area contributed by atoms with Crippen LogP contribution in [0.3, 0.4) is 0 Å². The molecule has 3 heterocycles. The molecule has 2 bridgehead atoms. The number of primary amides is 1. The zero-order chi connectivity index (χ0) is 50.2. The summed E-state index contributed by atoms with van der Waals surface area (Å²) in [6, 6.07) is 19.2. The Kier molecular flexibility index (Phi) is 14.2. The molecule has 0 spiro atoms. The Balaban J connectivity index is 1.03. The van der Waals surface area contributed by atoms with Crippen LogP contribution in [0.1, 0.15) is 134 Å². The van der Waals surface area contributed by atoms with Crippen molar-refractivity contribution in [3.8, 4) is 28.6 Å². The van der Waals surface area contributed by atoms with Crippen LogP contribution in [0.15, 0.2) is 79.1 Å². The van der Waals surface area contributed by atoms with Gasteiger partial charge in [0.05, 0.1) is 34.8 Å². The Morgan fingerprint density at radius 2 is 1.67 bits per heavy atom. The van der Waals surface area contributed by atoms with E-state index in [1.807, 2.05) is 44.2 Å². The molecule has 18 heteroatoms. The number of phenolic OH excluding ortho intramolecular Hbond substituents is 2. The highest BCUT2D eigenvalue weighted by atomic mass is 16.7. The maximum Gasteiger partial charge on any atom is 0.481 e. The molecule has 17 nitrogen and oxygen atoms in total. The molecule has 3 saturated carbocycles. The second-order valence-electron chi connectivity index (χ2n) is 20.4. The number of carbonyl (C=O) groups is 4. The lowest BCUT2D eigenvalue weighted by Gasteiger charge is -2.65. The smallest absolute Gasteiger partial charge is 0.481 e. The summed E-state index contributed by atoms with van der Waals surface area (Å²) < 4.78 is 15.7. The van der Waals surface area contributed by atoms with Gasteiger partial charge in [0.25, 0.3) is 17.7 Å². The third-order valence-corrected chi connectivity index (χ3v) is 14.8. The largest absolute Gasteiger partial charge is 0.508 e. The molecule has 6 atom stereocenters. The van der Waals surface area contributed by atoms with Crippen molar-refractivity contribution >= 4 is 30.7 Å². The molecule has 1 saturated heterocycles. The lowest BCUT2D eigenvalue weighted by molar-refractivity contribution is -0.210. The van der Waals surface area contributed by atoms with Gasteiger partial charge in [0.2, 0.25) is 11.7 Å². The van der Waals surface area contributed by atoms with E-state index in [0.717, 1.165) is 18.4 Å². The lowest BCUT2D eigenvalue weighted by atomic mass is 9.43. The number of hydrogen-bond acceptors (Lipinski definition) is 12. The molecule has 0 unspecified atom stereocenters. The monoisotopic (exact) mass is 953 g/mol. The van der Waals surface area contributed by atoms with E-state index < -0.39 is 36.4 Å². The molecule has 4 aliphatic rings. The van der Waals surface area contributed by atoms with Gasteiger partial charge in [-0.1, -0.05) is 71.9 Å². The number of nitrogens with zero attached hydrogens (tertiary/aromatic N) is 6. The summed E-state index contributed by atoms with van der Waals surface area (Å²) in [6.07, 6.45) is 5.60. The van der Waals surface area contributed by atoms with E-state index in [9.17, 15) is 29.4 Å². The molecular formula is C52H64BN9O8. The van der Waals surface area contributed by atoms with Crippen LogP contribution in [-0.4, -0.2) is 108 Å². The minimum Gasteiger partial charge on any atom is -0.508 e. The van der Waals surface area contributed by atoms with Gasteiger partial charge in [-0.2, -0.15) is 0 Å². The molecule has 5 aromatic rings. The molecule has 3 aliphatic carbocycles. The number of carbonyl (C=O) groups excluding carboxylic acids is 4. The van der Waals surface area contributed by atoms with Crippen molar-refractivity contribution in [2.45, 2.75) is 110 Å². The number of amides is 4. The number of benzene rings is 3. The van der Waals surface area contributed by atoms with Crippen LogP contribution >= 0.6 is 0 Å². The van der Waals surface area contributed by atoms with Crippen molar-refractivity contribution in [1.82, 2.24) is 40.3 Å². The van der Waals surface area contributed by atoms with Crippen molar-refractivity contribution < 1.29 is 38.7 Å². The average Bonchev–Trinajstić information content (AvgIpc) is 3.95. The van der Waals surface area contributed by atoms with Crippen molar-refractivity contribution in [3.05, 3.63) is 113 Å². The number of rotatable bonds is 18. The fraction of sp³-hybridized carbons (Fsp3) is 0.462. The summed E-state index contributed by atoms with van der Waals surface area (Å²) in [5.41, 5.74) is 7.73. The van der Waals surface area contributed by atoms with E-state index in [1.54, 1.807) is 49.2 Å². The van der Waals surface area contributed by atoms with Gasteiger partial charge >= 0.3 is 7.12 Å². The fourth-order valence-electron chi connectivity index (χ4n) is 11.0. The molecule has 70 heavy (non-hydrogen) atoms. The minimum absolute atomic E-state index is 0.0175. The van der Waals surface area contributed by atoms with Crippen LogP contribution in [0.5, 0.6) is 11.5 Å². The minimum atomic E-state index is -0.891. The highest BCUT2D eigenvalue weighted by Gasteiger charge is 2.70. The molecule has 6 N–H and O–H groups in total. The van der Waals surface area contributed by atoms with Crippen LogP contribution < -0.4 is 16.4 Å². The highest BCUT2D eigenvalue weighted by Crippen LogP contribution is 2.67. The summed E-state index contributed by atoms with van der Waals surface area (Å²) in [5, 5.41) is 36.1. The third-order valence-electron chi connectivity index (χ3n) is 14.8. The van der Waals surface area contributed by atoms with Crippen LogP contribution in [0.25, 0.3) is 17.1 Å². The second kappa shape index (κ2) is 20.0. The van der Waals surface area contributed by atoms with Gasteiger partial charge in [0, 0.05) is 49.8 Å². The van der Waals surface area contributed by atoms with Crippen molar-refractivity contribution in [3.63, 3.8) is 0 Å². The van der Waals surface area contributed by atoms with Gasteiger partial charge in [0.1, 0.15) is 17.2 Å². The summed E-state index contributed by atoms with van der Waals surface area (Å²) in [6.45, 7) is 15.0. The molecule has 4 fully saturated rings. The first-order chi connectivity index (χ1) is 33.3. The lowest BCUT2D eigenvalue weighted by Crippen LogP contribution is -2.67. The van der Waals surface area contributed by atoms with Crippen LogP contribution in [0, 0.1) is 23.2 Å². The van der Waals surface area contributed by atoms with Gasteiger partial charge in [-0.15, -0.1) is 10.2 Å². The van der Waals surface area contributed by atoms with Crippen LogP contribution in [0.4, 0.5) is 0 Å². The molecular weight excluding hydrogens is 889 g/mol. The van der Waals surface area contributed by atoms with Crippen LogP contribution in [0.2, 0.25) is 0 Å². The normalized spacial score (nSPS) is 20.9. The number of aromatic hydroxyl groups is 2. The Morgan fingerprint density at radius 3 is 2.33 bits per heavy atom. The van der Waals surface area contributed by atoms with E-state index in [0.29, 0.717) is 48.7 Å². The Hall–Kier alpha value is -6.66. The Labute approximate surface area is 409 Å². The Morgan fingerprint density at radius 1 is 0.957 bits per heavy atom. The topological polar surface area (TPSA) is 237 Å².